The van der Waals surface area contributed by atoms with E-state index in [4.69, 9.17) is 0 Å². The highest BCUT2D eigenvalue weighted by Crippen LogP contribution is 2.27. The molecule has 23 heavy (non-hydrogen) atoms. The van der Waals surface area contributed by atoms with Crippen molar-refractivity contribution in [2.45, 2.75) is 43.7 Å². The van der Waals surface area contributed by atoms with Gasteiger partial charge in [0.05, 0.1) is 17.8 Å². The molecular formula is C16H29N5O2. The second kappa shape index (κ2) is 7.79. The Morgan fingerprint density at radius 2 is 2.09 bits per heavy atom. The molecule has 1 unspecified atom stereocenters. The van der Waals surface area contributed by atoms with Crippen LogP contribution in [0.1, 0.15) is 43.7 Å². The Labute approximate surface area is 138 Å². The predicted molar refractivity (Wildman–Crippen MR) is 89.1 cm³/mol. The van der Waals surface area contributed by atoms with Gasteiger partial charge in [-0.15, -0.1) is 0 Å². The molecule has 0 bridgehead atoms. The van der Waals surface area contributed by atoms with Crippen LogP contribution in [-0.2, 0) is 7.05 Å². The van der Waals surface area contributed by atoms with Crippen molar-refractivity contribution in [1.82, 2.24) is 25.3 Å². The van der Waals surface area contributed by atoms with Crippen LogP contribution in [-0.4, -0.2) is 58.6 Å². The van der Waals surface area contributed by atoms with E-state index in [2.05, 4.69) is 15.7 Å². The fraction of sp³-hybridized carbons (Fsp3) is 0.750. The van der Waals surface area contributed by atoms with Gasteiger partial charge in [0.15, 0.2) is 0 Å². The number of aliphatic hydroxyl groups is 1. The molecule has 130 valence electrons. The maximum absolute atomic E-state index is 12.0. The second-order valence-corrected chi connectivity index (χ2v) is 6.78. The standard InChI is InChI=1S/C16H29N5O2/c1-20(2)14(13-9-19-21(3)11-13)10-17-15(22)18-12-16(23)7-5-4-6-8-16/h9,11,14,23H,4-8,10,12H2,1-3H3,(H2,17,18,22). The molecule has 2 amide bonds. The lowest BCUT2D eigenvalue weighted by Gasteiger charge is -2.32. The highest BCUT2D eigenvalue weighted by Gasteiger charge is 2.29. The van der Waals surface area contributed by atoms with Crippen LogP contribution >= 0.6 is 0 Å². The van der Waals surface area contributed by atoms with Gasteiger partial charge in [-0.05, 0) is 26.9 Å². The topological polar surface area (TPSA) is 82.4 Å². The van der Waals surface area contributed by atoms with Crippen molar-refractivity contribution in [1.29, 1.82) is 0 Å². The third kappa shape index (κ3) is 5.21. The molecule has 0 aliphatic heterocycles. The van der Waals surface area contributed by atoms with Gasteiger partial charge in [-0.2, -0.15) is 5.10 Å². The number of aromatic nitrogens is 2. The number of likely N-dealkylation sites (N-methyl/N-ethyl adjacent to an activating group) is 1. The van der Waals surface area contributed by atoms with Crippen LogP contribution in [0.25, 0.3) is 0 Å². The van der Waals surface area contributed by atoms with Crippen molar-refractivity contribution < 1.29 is 9.90 Å². The summed E-state index contributed by atoms with van der Waals surface area (Å²) in [5.41, 5.74) is 0.323. The molecule has 0 spiro atoms. The largest absolute Gasteiger partial charge is 0.388 e. The first-order valence-corrected chi connectivity index (χ1v) is 8.29. The number of nitrogens with one attached hydrogen (secondary N) is 2. The summed E-state index contributed by atoms with van der Waals surface area (Å²) in [7, 11) is 5.82. The lowest BCUT2D eigenvalue weighted by molar-refractivity contribution is 0.00717. The number of hydrogen-bond acceptors (Lipinski definition) is 4. The van der Waals surface area contributed by atoms with Crippen LogP contribution in [0.4, 0.5) is 4.79 Å². The third-order valence-corrected chi connectivity index (χ3v) is 4.55. The second-order valence-electron chi connectivity index (χ2n) is 6.78. The van der Waals surface area contributed by atoms with Gasteiger partial charge in [-0.1, -0.05) is 19.3 Å². The van der Waals surface area contributed by atoms with Crippen LogP contribution < -0.4 is 10.6 Å². The molecule has 1 aromatic rings. The average molecular weight is 323 g/mol. The molecular weight excluding hydrogens is 294 g/mol. The Morgan fingerprint density at radius 3 is 2.65 bits per heavy atom. The molecule has 1 saturated carbocycles. The zero-order chi connectivity index (χ0) is 16.9. The maximum atomic E-state index is 12.0. The highest BCUT2D eigenvalue weighted by atomic mass is 16.3. The van der Waals surface area contributed by atoms with Gasteiger partial charge >= 0.3 is 6.03 Å². The summed E-state index contributed by atoms with van der Waals surface area (Å²) in [4.78, 5) is 14.1. The maximum Gasteiger partial charge on any atom is 0.314 e. The molecule has 0 saturated heterocycles. The lowest BCUT2D eigenvalue weighted by Crippen LogP contribution is -2.48. The molecule has 1 fully saturated rings. The molecule has 7 heteroatoms. The molecule has 3 N–H and O–H groups in total. The molecule has 1 aliphatic carbocycles. The van der Waals surface area contributed by atoms with Crippen LogP contribution in [0, 0.1) is 0 Å². The Bertz CT molecular complexity index is 508. The van der Waals surface area contributed by atoms with Crippen LogP contribution in [0.15, 0.2) is 12.4 Å². The van der Waals surface area contributed by atoms with Crippen molar-refractivity contribution in [2.24, 2.45) is 7.05 Å². The van der Waals surface area contributed by atoms with Gasteiger partial charge in [0.2, 0.25) is 0 Å². The van der Waals surface area contributed by atoms with Crippen molar-refractivity contribution in [3.05, 3.63) is 18.0 Å². The third-order valence-electron chi connectivity index (χ3n) is 4.55. The molecule has 0 radical (unpaired) electrons. The van der Waals surface area contributed by atoms with E-state index < -0.39 is 5.60 Å². The van der Waals surface area contributed by atoms with E-state index in [0.29, 0.717) is 13.1 Å². The van der Waals surface area contributed by atoms with Gasteiger partial charge in [0.1, 0.15) is 0 Å². The summed E-state index contributed by atoms with van der Waals surface area (Å²) in [5.74, 6) is 0. The summed E-state index contributed by atoms with van der Waals surface area (Å²) >= 11 is 0. The monoisotopic (exact) mass is 323 g/mol. The number of nitrogens with zero attached hydrogens (tertiary/aromatic N) is 3. The Hall–Kier alpha value is -1.60. The quantitative estimate of drug-likeness (QED) is 0.730. The molecule has 1 aromatic heterocycles. The van der Waals surface area contributed by atoms with Crippen LogP contribution in [0.3, 0.4) is 0 Å². The summed E-state index contributed by atoms with van der Waals surface area (Å²) in [6, 6.07) is -0.174. The molecule has 7 nitrogen and oxygen atoms in total. The number of urea groups is 1. The van der Waals surface area contributed by atoms with Crippen molar-refractivity contribution in [3.8, 4) is 0 Å². The normalized spacial score (nSPS) is 18.7. The van der Waals surface area contributed by atoms with E-state index in [1.807, 2.05) is 38.4 Å². The summed E-state index contributed by atoms with van der Waals surface area (Å²) in [5, 5.41) is 20.3. The smallest absolute Gasteiger partial charge is 0.314 e. The van der Waals surface area contributed by atoms with Gasteiger partial charge in [-0.3, -0.25) is 4.68 Å². The van der Waals surface area contributed by atoms with Gasteiger partial charge in [-0.25, -0.2) is 4.79 Å². The minimum Gasteiger partial charge on any atom is -0.388 e. The number of carbonyl (C=O) groups is 1. The van der Waals surface area contributed by atoms with Crippen LogP contribution in [0.5, 0.6) is 0 Å². The predicted octanol–water partition coefficient (Wildman–Crippen LogP) is 1.02. The number of hydrogen-bond donors (Lipinski definition) is 3. The first kappa shape index (κ1) is 17.7. The van der Waals surface area contributed by atoms with E-state index in [9.17, 15) is 9.90 Å². The first-order chi connectivity index (χ1) is 10.9. The van der Waals surface area contributed by atoms with Gasteiger partial charge in [0.25, 0.3) is 0 Å². The zero-order valence-electron chi connectivity index (χ0n) is 14.4. The van der Waals surface area contributed by atoms with E-state index in [0.717, 1.165) is 31.2 Å². The molecule has 2 rings (SSSR count). The van der Waals surface area contributed by atoms with Gasteiger partial charge in [0, 0.05) is 31.9 Å². The minimum atomic E-state index is -0.736. The SMILES string of the molecule is CN(C)C(CNC(=O)NCC1(O)CCCCC1)c1cnn(C)c1. The number of aryl methyl sites for hydroxylation is 1. The molecule has 1 aliphatic rings. The summed E-state index contributed by atoms with van der Waals surface area (Å²) < 4.78 is 1.75. The van der Waals surface area contributed by atoms with E-state index >= 15 is 0 Å². The highest BCUT2D eigenvalue weighted by molar-refractivity contribution is 5.73. The average Bonchev–Trinajstić information content (AvgIpc) is 2.92. The molecule has 1 heterocycles. The summed E-state index contributed by atoms with van der Waals surface area (Å²) in [6.45, 7) is 0.807. The van der Waals surface area contributed by atoms with E-state index in [-0.39, 0.29) is 12.1 Å². The Morgan fingerprint density at radius 1 is 1.39 bits per heavy atom. The number of carbonyl (C=O) groups excluding carboxylic acids is 1. The Kier molecular flexibility index (Phi) is 6.01. The lowest BCUT2D eigenvalue weighted by atomic mass is 9.85. The molecule has 0 aromatic carbocycles. The van der Waals surface area contributed by atoms with Crippen molar-refractivity contribution in [3.63, 3.8) is 0 Å². The fourth-order valence-electron chi connectivity index (χ4n) is 3.09. The van der Waals surface area contributed by atoms with E-state index in [1.54, 1.807) is 4.68 Å². The number of amides is 2. The van der Waals surface area contributed by atoms with Crippen molar-refractivity contribution >= 4 is 6.03 Å². The first-order valence-electron chi connectivity index (χ1n) is 8.29. The molecule has 1 atom stereocenters. The Balaban J connectivity index is 1.80. The van der Waals surface area contributed by atoms with Gasteiger partial charge < -0.3 is 20.6 Å². The number of rotatable bonds is 6. The zero-order valence-corrected chi connectivity index (χ0v) is 14.4. The van der Waals surface area contributed by atoms with E-state index in [1.165, 1.54) is 6.42 Å². The van der Waals surface area contributed by atoms with Crippen molar-refractivity contribution in [2.75, 3.05) is 27.2 Å². The minimum absolute atomic E-state index is 0.0622. The summed E-state index contributed by atoms with van der Waals surface area (Å²) in [6.07, 6.45) is 8.54. The fourth-order valence-corrected chi connectivity index (χ4v) is 3.09. The van der Waals surface area contributed by atoms with Crippen LogP contribution in [0.2, 0.25) is 0 Å².